The summed E-state index contributed by atoms with van der Waals surface area (Å²) in [4.78, 5) is 4.50. The van der Waals surface area contributed by atoms with Gasteiger partial charge in [-0.05, 0) is 36.1 Å². The molecule has 0 amide bonds. The first-order chi connectivity index (χ1) is 9.69. The molecule has 0 radical (unpaired) electrons. The minimum absolute atomic E-state index is 0.440. The number of benzene rings is 2. The molecule has 0 aliphatic rings. The van der Waals surface area contributed by atoms with Crippen LogP contribution in [0, 0.1) is 6.92 Å². The number of aryl methyl sites for hydroxylation is 1. The van der Waals surface area contributed by atoms with E-state index >= 15 is 0 Å². The van der Waals surface area contributed by atoms with Gasteiger partial charge in [-0.2, -0.15) is 0 Å². The van der Waals surface area contributed by atoms with Crippen molar-refractivity contribution >= 4 is 22.4 Å². The van der Waals surface area contributed by atoms with Crippen LogP contribution in [0.25, 0.3) is 21.9 Å². The molecule has 0 saturated heterocycles. The molecule has 100 valence electrons. The van der Waals surface area contributed by atoms with Gasteiger partial charge in [0.2, 0.25) is 0 Å². The first-order valence-corrected chi connectivity index (χ1v) is 6.91. The van der Waals surface area contributed by atoms with E-state index in [2.05, 4.69) is 30.1 Å². The van der Waals surface area contributed by atoms with E-state index < -0.39 is 0 Å². The Morgan fingerprint density at radius 3 is 2.70 bits per heavy atom. The molecule has 2 N–H and O–H groups in total. The second kappa shape index (κ2) is 5.23. The van der Waals surface area contributed by atoms with Gasteiger partial charge >= 0.3 is 0 Å². The van der Waals surface area contributed by atoms with E-state index in [1.807, 2.05) is 30.5 Å². The van der Waals surface area contributed by atoms with Crippen molar-refractivity contribution in [1.82, 2.24) is 4.98 Å². The quantitative estimate of drug-likeness (QED) is 0.760. The highest BCUT2D eigenvalue weighted by Gasteiger charge is 2.09. The Hall–Kier alpha value is -1.90. The third kappa shape index (κ3) is 2.28. The largest absolute Gasteiger partial charge is 0.325 e. The van der Waals surface area contributed by atoms with Crippen LogP contribution in [0.2, 0.25) is 5.02 Å². The molecule has 0 spiro atoms. The second-order valence-electron chi connectivity index (χ2n) is 4.88. The fourth-order valence-corrected chi connectivity index (χ4v) is 2.65. The maximum Gasteiger partial charge on any atom is 0.0618 e. The van der Waals surface area contributed by atoms with E-state index in [4.69, 9.17) is 17.3 Å². The average molecular weight is 283 g/mol. The lowest BCUT2D eigenvalue weighted by Crippen LogP contribution is -2.01. The Balaban J connectivity index is 2.32. The van der Waals surface area contributed by atoms with Crippen molar-refractivity contribution in [3.63, 3.8) is 0 Å². The van der Waals surface area contributed by atoms with Crippen molar-refractivity contribution in [2.45, 2.75) is 13.5 Å². The summed E-state index contributed by atoms with van der Waals surface area (Å²) < 4.78 is 0. The Morgan fingerprint density at radius 1 is 1.10 bits per heavy atom. The molecular formula is C17H15ClN2. The molecule has 20 heavy (non-hydrogen) atoms. The number of hydrogen-bond donors (Lipinski definition) is 1. The first kappa shape index (κ1) is 13.1. The van der Waals surface area contributed by atoms with Crippen molar-refractivity contribution in [2.75, 3.05) is 0 Å². The molecule has 0 unspecified atom stereocenters. The highest BCUT2D eigenvalue weighted by atomic mass is 35.5. The summed E-state index contributed by atoms with van der Waals surface area (Å²) in [7, 11) is 0. The SMILES string of the molecule is Cc1ccc2c(-c3cccc(Cl)c3)cnc(CN)c2c1. The number of fused-ring (bicyclic) bond motifs is 1. The Morgan fingerprint density at radius 2 is 1.95 bits per heavy atom. The Labute approximate surface area is 123 Å². The molecule has 3 heteroatoms. The number of nitrogens with zero attached hydrogens (tertiary/aromatic N) is 1. The van der Waals surface area contributed by atoms with Crippen molar-refractivity contribution < 1.29 is 0 Å². The average Bonchev–Trinajstić information content (AvgIpc) is 2.46. The molecule has 3 aromatic rings. The number of aromatic nitrogens is 1. The van der Waals surface area contributed by atoms with Crippen LogP contribution >= 0.6 is 11.6 Å². The maximum atomic E-state index is 6.09. The van der Waals surface area contributed by atoms with Crippen LogP contribution in [0.1, 0.15) is 11.3 Å². The van der Waals surface area contributed by atoms with Crippen molar-refractivity contribution in [2.24, 2.45) is 5.73 Å². The standard InChI is InChI=1S/C17H15ClN2/c1-11-5-6-14-15(7-11)17(9-19)20-10-16(14)12-3-2-4-13(18)8-12/h2-8,10H,9,19H2,1H3. The normalized spacial score (nSPS) is 10.9. The Bertz CT molecular complexity index is 781. The van der Waals surface area contributed by atoms with E-state index in [9.17, 15) is 0 Å². The van der Waals surface area contributed by atoms with E-state index in [1.54, 1.807) is 0 Å². The van der Waals surface area contributed by atoms with Crippen LogP contribution < -0.4 is 5.73 Å². The smallest absolute Gasteiger partial charge is 0.0618 e. The zero-order valence-electron chi connectivity index (χ0n) is 11.2. The van der Waals surface area contributed by atoms with Gasteiger partial charge in [0.05, 0.1) is 5.69 Å². The van der Waals surface area contributed by atoms with Gasteiger partial charge in [-0.1, -0.05) is 41.4 Å². The maximum absolute atomic E-state index is 6.09. The minimum Gasteiger partial charge on any atom is -0.325 e. The number of nitrogens with two attached hydrogens (primary N) is 1. The zero-order valence-corrected chi connectivity index (χ0v) is 12.0. The number of halogens is 1. The highest BCUT2D eigenvalue weighted by molar-refractivity contribution is 6.30. The third-order valence-corrected chi connectivity index (χ3v) is 3.69. The number of pyridine rings is 1. The lowest BCUT2D eigenvalue weighted by molar-refractivity contribution is 1.01. The molecule has 0 fully saturated rings. The molecule has 0 atom stereocenters. The van der Waals surface area contributed by atoms with Crippen LogP contribution in [-0.2, 0) is 6.54 Å². The van der Waals surface area contributed by atoms with Crippen LogP contribution in [0.3, 0.4) is 0 Å². The third-order valence-electron chi connectivity index (χ3n) is 3.45. The molecule has 1 aromatic heterocycles. The highest BCUT2D eigenvalue weighted by Crippen LogP contribution is 2.31. The fraction of sp³-hybridized carbons (Fsp3) is 0.118. The molecule has 0 aliphatic heterocycles. The van der Waals surface area contributed by atoms with Gasteiger partial charge in [-0.15, -0.1) is 0 Å². The van der Waals surface area contributed by atoms with E-state index in [-0.39, 0.29) is 0 Å². The predicted molar refractivity (Wildman–Crippen MR) is 84.8 cm³/mol. The topological polar surface area (TPSA) is 38.9 Å². The summed E-state index contributed by atoms with van der Waals surface area (Å²) in [6.07, 6.45) is 1.88. The number of rotatable bonds is 2. The summed E-state index contributed by atoms with van der Waals surface area (Å²) in [6, 6.07) is 14.2. The molecule has 0 bridgehead atoms. The van der Waals surface area contributed by atoms with Crippen molar-refractivity contribution in [1.29, 1.82) is 0 Å². The Kier molecular flexibility index (Phi) is 3.43. The monoisotopic (exact) mass is 282 g/mol. The lowest BCUT2D eigenvalue weighted by Gasteiger charge is -2.11. The van der Waals surface area contributed by atoms with Gasteiger partial charge in [0.25, 0.3) is 0 Å². The van der Waals surface area contributed by atoms with E-state index in [0.29, 0.717) is 6.54 Å². The summed E-state index contributed by atoms with van der Waals surface area (Å²) in [5.74, 6) is 0. The second-order valence-corrected chi connectivity index (χ2v) is 5.32. The molecule has 3 rings (SSSR count). The summed E-state index contributed by atoms with van der Waals surface area (Å²) in [6.45, 7) is 2.52. The van der Waals surface area contributed by atoms with Crippen LogP contribution in [0.15, 0.2) is 48.7 Å². The zero-order chi connectivity index (χ0) is 14.1. The predicted octanol–water partition coefficient (Wildman–Crippen LogP) is 4.32. The van der Waals surface area contributed by atoms with Crippen LogP contribution in [0.5, 0.6) is 0 Å². The molecule has 0 saturated carbocycles. The molecule has 2 aromatic carbocycles. The van der Waals surface area contributed by atoms with Crippen molar-refractivity contribution in [3.8, 4) is 11.1 Å². The lowest BCUT2D eigenvalue weighted by atomic mass is 9.98. The molecular weight excluding hydrogens is 268 g/mol. The molecule has 2 nitrogen and oxygen atoms in total. The van der Waals surface area contributed by atoms with Gasteiger partial charge < -0.3 is 5.73 Å². The van der Waals surface area contributed by atoms with Crippen molar-refractivity contribution in [3.05, 3.63) is 64.9 Å². The van der Waals surface area contributed by atoms with Crippen LogP contribution in [-0.4, -0.2) is 4.98 Å². The fourth-order valence-electron chi connectivity index (χ4n) is 2.46. The van der Waals surface area contributed by atoms with Gasteiger partial charge in [0.15, 0.2) is 0 Å². The molecule has 1 heterocycles. The van der Waals surface area contributed by atoms with E-state index in [0.717, 1.165) is 32.6 Å². The van der Waals surface area contributed by atoms with Gasteiger partial charge in [0, 0.05) is 28.7 Å². The summed E-state index contributed by atoms with van der Waals surface area (Å²) in [5.41, 5.74) is 10.1. The van der Waals surface area contributed by atoms with Gasteiger partial charge in [0.1, 0.15) is 0 Å². The summed E-state index contributed by atoms with van der Waals surface area (Å²) >= 11 is 6.09. The minimum atomic E-state index is 0.440. The summed E-state index contributed by atoms with van der Waals surface area (Å²) in [5, 5.41) is 3.00. The van der Waals surface area contributed by atoms with Gasteiger partial charge in [-0.3, -0.25) is 4.98 Å². The number of hydrogen-bond acceptors (Lipinski definition) is 2. The first-order valence-electron chi connectivity index (χ1n) is 6.53. The molecule has 0 aliphatic carbocycles. The van der Waals surface area contributed by atoms with Gasteiger partial charge in [-0.25, -0.2) is 0 Å². The van der Waals surface area contributed by atoms with Crippen LogP contribution in [0.4, 0.5) is 0 Å². The van der Waals surface area contributed by atoms with E-state index in [1.165, 1.54) is 5.56 Å².